The number of morpholine rings is 1. The van der Waals surface area contributed by atoms with Crippen molar-refractivity contribution in [2.45, 2.75) is 5.75 Å². The van der Waals surface area contributed by atoms with Gasteiger partial charge in [-0.15, -0.1) is 0 Å². The standard InChI is InChI=1S/C20H20ClN3O4S/c1-29(26,27)13-16-10-14(2-4-17(16)21)15-3-5-19-22-11-18(24(19)12-15)20(25)23-6-8-28-9-7-23/h2-5,10-12H,6-9,13H2,1H3. The molecule has 4 rings (SSSR count). The quantitative estimate of drug-likeness (QED) is 0.631. The van der Waals surface area contributed by atoms with Crippen LogP contribution < -0.4 is 0 Å². The van der Waals surface area contributed by atoms with E-state index in [1.54, 1.807) is 27.6 Å². The minimum atomic E-state index is -3.21. The Kier molecular flexibility index (Phi) is 5.33. The summed E-state index contributed by atoms with van der Waals surface area (Å²) >= 11 is 6.18. The number of nitrogens with zero attached hydrogens (tertiary/aromatic N) is 3. The summed E-state index contributed by atoms with van der Waals surface area (Å²) in [6, 6.07) is 9.00. The van der Waals surface area contributed by atoms with Gasteiger partial charge in [0.25, 0.3) is 5.91 Å². The molecule has 0 unspecified atom stereocenters. The first-order valence-corrected chi connectivity index (χ1v) is 11.6. The number of benzene rings is 1. The monoisotopic (exact) mass is 433 g/mol. The van der Waals surface area contributed by atoms with Crippen LogP contribution in [0.3, 0.4) is 0 Å². The summed E-state index contributed by atoms with van der Waals surface area (Å²) in [5, 5.41) is 0.408. The van der Waals surface area contributed by atoms with Gasteiger partial charge >= 0.3 is 0 Å². The van der Waals surface area contributed by atoms with Crippen LogP contribution in [0.5, 0.6) is 0 Å². The molecule has 29 heavy (non-hydrogen) atoms. The van der Waals surface area contributed by atoms with Crippen molar-refractivity contribution in [1.29, 1.82) is 0 Å². The van der Waals surface area contributed by atoms with E-state index < -0.39 is 9.84 Å². The number of hydrogen-bond donors (Lipinski definition) is 0. The molecule has 1 aliphatic heterocycles. The van der Waals surface area contributed by atoms with Gasteiger partial charge in [0.05, 0.1) is 25.2 Å². The molecule has 3 heterocycles. The number of amides is 1. The second kappa shape index (κ2) is 7.78. The third-order valence-corrected chi connectivity index (χ3v) is 6.02. The SMILES string of the molecule is CS(=O)(=O)Cc1cc(-c2ccc3ncc(C(=O)N4CCOCC4)n3c2)ccc1Cl. The fourth-order valence-corrected chi connectivity index (χ4v) is 4.45. The summed E-state index contributed by atoms with van der Waals surface area (Å²) in [4.78, 5) is 19.0. The van der Waals surface area contributed by atoms with Gasteiger partial charge in [0.2, 0.25) is 0 Å². The highest BCUT2D eigenvalue weighted by atomic mass is 35.5. The number of ether oxygens (including phenoxy) is 1. The zero-order chi connectivity index (χ0) is 20.6. The highest BCUT2D eigenvalue weighted by Gasteiger charge is 2.22. The Labute approximate surface area is 173 Å². The first-order valence-electron chi connectivity index (χ1n) is 9.12. The fraction of sp³-hybridized carbons (Fsp3) is 0.300. The van der Waals surface area contributed by atoms with Crippen molar-refractivity contribution in [3.05, 3.63) is 59.0 Å². The maximum atomic E-state index is 12.9. The Balaban J connectivity index is 1.72. The molecule has 7 nitrogen and oxygen atoms in total. The summed E-state index contributed by atoms with van der Waals surface area (Å²) in [7, 11) is -3.21. The molecule has 0 spiro atoms. The third-order valence-electron chi connectivity index (χ3n) is 4.82. The van der Waals surface area contributed by atoms with Crippen LogP contribution >= 0.6 is 11.6 Å². The van der Waals surface area contributed by atoms with E-state index >= 15 is 0 Å². The molecule has 0 atom stereocenters. The Bertz CT molecular complexity index is 1180. The van der Waals surface area contributed by atoms with Gasteiger partial charge in [0.15, 0.2) is 9.84 Å². The Morgan fingerprint density at radius 1 is 1.17 bits per heavy atom. The van der Waals surface area contributed by atoms with Crippen molar-refractivity contribution in [2.75, 3.05) is 32.6 Å². The van der Waals surface area contributed by atoms with Crippen molar-refractivity contribution in [1.82, 2.24) is 14.3 Å². The molecule has 1 fully saturated rings. The van der Waals surface area contributed by atoms with Gasteiger partial charge < -0.3 is 9.64 Å². The highest BCUT2D eigenvalue weighted by molar-refractivity contribution is 7.89. The number of carbonyl (C=O) groups is 1. The van der Waals surface area contributed by atoms with Gasteiger partial charge in [0, 0.05) is 30.6 Å². The van der Waals surface area contributed by atoms with Crippen molar-refractivity contribution < 1.29 is 17.9 Å². The van der Waals surface area contributed by atoms with Crippen molar-refractivity contribution in [3.8, 4) is 11.1 Å². The van der Waals surface area contributed by atoms with Crippen LogP contribution in [0.1, 0.15) is 16.1 Å². The molecule has 9 heteroatoms. The summed E-state index contributed by atoms with van der Waals surface area (Å²) in [5.41, 5.74) is 3.33. The first-order chi connectivity index (χ1) is 13.8. The van der Waals surface area contributed by atoms with E-state index in [0.717, 1.165) is 11.1 Å². The normalized spacial score (nSPS) is 15.0. The maximum absolute atomic E-state index is 12.9. The molecular formula is C20H20ClN3O4S. The minimum Gasteiger partial charge on any atom is -0.378 e. The lowest BCUT2D eigenvalue weighted by Crippen LogP contribution is -2.41. The molecule has 2 aromatic heterocycles. The summed E-state index contributed by atoms with van der Waals surface area (Å²) in [6.07, 6.45) is 4.59. The first kappa shape index (κ1) is 19.9. The second-order valence-corrected chi connectivity index (χ2v) is 9.62. The summed E-state index contributed by atoms with van der Waals surface area (Å²) in [5.74, 6) is -0.222. The van der Waals surface area contributed by atoms with E-state index in [2.05, 4.69) is 4.98 Å². The average Bonchev–Trinajstić information content (AvgIpc) is 3.12. The molecule has 0 N–H and O–H groups in total. The highest BCUT2D eigenvalue weighted by Crippen LogP contribution is 2.27. The molecule has 1 amide bonds. The second-order valence-electron chi connectivity index (χ2n) is 7.07. The van der Waals surface area contributed by atoms with Crippen LogP contribution in [0, 0.1) is 0 Å². The van der Waals surface area contributed by atoms with Gasteiger partial charge in [-0.25, -0.2) is 13.4 Å². The molecule has 0 bridgehead atoms. The zero-order valence-electron chi connectivity index (χ0n) is 15.8. The Morgan fingerprint density at radius 3 is 2.62 bits per heavy atom. The van der Waals surface area contributed by atoms with E-state index in [1.807, 2.05) is 24.4 Å². The molecule has 152 valence electrons. The number of rotatable bonds is 4. The molecule has 0 aliphatic carbocycles. The molecule has 0 saturated carbocycles. The lowest BCUT2D eigenvalue weighted by Gasteiger charge is -2.26. The van der Waals surface area contributed by atoms with E-state index in [-0.39, 0.29) is 11.7 Å². The molecule has 3 aromatic rings. The van der Waals surface area contributed by atoms with Crippen LogP contribution in [0.15, 0.2) is 42.7 Å². The lowest BCUT2D eigenvalue weighted by molar-refractivity contribution is 0.0298. The van der Waals surface area contributed by atoms with Crippen LogP contribution in [-0.2, 0) is 20.3 Å². The number of hydrogen-bond acceptors (Lipinski definition) is 5. The van der Waals surface area contributed by atoms with Gasteiger partial charge in [0.1, 0.15) is 11.3 Å². The van der Waals surface area contributed by atoms with E-state index in [9.17, 15) is 13.2 Å². The smallest absolute Gasteiger partial charge is 0.272 e. The van der Waals surface area contributed by atoms with Crippen LogP contribution in [0.4, 0.5) is 0 Å². The van der Waals surface area contributed by atoms with Crippen molar-refractivity contribution >= 4 is 33.0 Å². The van der Waals surface area contributed by atoms with Crippen molar-refractivity contribution in [3.63, 3.8) is 0 Å². The number of sulfone groups is 1. The van der Waals surface area contributed by atoms with Crippen LogP contribution in [0.25, 0.3) is 16.8 Å². The van der Waals surface area contributed by atoms with E-state index in [1.165, 1.54) is 6.26 Å². The van der Waals surface area contributed by atoms with Crippen LogP contribution in [-0.4, -0.2) is 61.2 Å². The number of imidazole rings is 1. The van der Waals surface area contributed by atoms with Gasteiger partial charge in [-0.05, 0) is 41.0 Å². The molecular weight excluding hydrogens is 414 g/mol. The van der Waals surface area contributed by atoms with Crippen molar-refractivity contribution in [2.24, 2.45) is 0 Å². The average molecular weight is 434 g/mol. The number of halogens is 1. The largest absolute Gasteiger partial charge is 0.378 e. The minimum absolute atomic E-state index is 0.0909. The number of fused-ring (bicyclic) bond motifs is 1. The fourth-order valence-electron chi connectivity index (χ4n) is 3.39. The maximum Gasteiger partial charge on any atom is 0.272 e. The number of carbonyl (C=O) groups excluding carboxylic acids is 1. The third kappa shape index (κ3) is 4.29. The van der Waals surface area contributed by atoms with Gasteiger partial charge in [-0.3, -0.25) is 9.20 Å². The van der Waals surface area contributed by atoms with Gasteiger partial charge in [-0.2, -0.15) is 0 Å². The zero-order valence-corrected chi connectivity index (χ0v) is 17.4. The number of pyridine rings is 1. The van der Waals surface area contributed by atoms with Gasteiger partial charge in [-0.1, -0.05) is 17.7 Å². The molecule has 1 aromatic carbocycles. The predicted molar refractivity (Wildman–Crippen MR) is 111 cm³/mol. The molecule has 0 radical (unpaired) electrons. The molecule has 1 aliphatic rings. The Morgan fingerprint density at radius 2 is 1.90 bits per heavy atom. The van der Waals surface area contributed by atoms with E-state index in [0.29, 0.717) is 48.2 Å². The summed E-state index contributed by atoms with van der Waals surface area (Å²) < 4.78 is 30.5. The summed E-state index contributed by atoms with van der Waals surface area (Å²) in [6.45, 7) is 2.17. The molecule has 1 saturated heterocycles. The topological polar surface area (TPSA) is 81.0 Å². The predicted octanol–water partition coefficient (Wildman–Crippen LogP) is 2.67. The van der Waals surface area contributed by atoms with Crippen LogP contribution in [0.2, 0.25) is 5.02 Å². The lowest BCUT2D eigenvalue weighted by atomic mass is 10.1. The number of aromatic nitrogens is 2. The van der Waals surface area contributed by atoms with E-state index in [4.69, 9.17) is 16.3 Å². The Hall–Kier alpha value is -2.42.